The molecule has 0 radical (unpaired) electrons. The first-order chi connectivity index (χ1) is 7.45. The molecule has 0 N–H and O–H groups in total. The average Bonchev–Trinajstić information content (AvgIpc) is 2.32. The van der Waals surface area contributed by atoms with Crippen LogP contribution in [0.1, 0.15) is 6.42 Å². The summed E-state index contributed by atoms with van der Waals surface area (Å²) in [4.78, 5) is 2.39. The first-order valence-electron chi connectivity index (χ1n) is 5.70. The van der Waals surface area contributed by atoms with Crippen LogP contribution in [0, 0.1) is 0 Å². The second kappa shape index (κ2) is 6.05. The van der Waals surface area contributed by atoms with E-state index in [1.54, 1.807) is 0 Å². The van der Waals surface area contributed by atoms with Gasteiger partial charge in [0.25, 0.3) is 0 Å². The van der Waals surface area contributed by atoms with Crippen LogP contribution in [-0.4, -0.2) is 50.5 Å². The van der Waals surface area contributed by atoms with Gasteiger partial charge in [-0.05, 0) is 6.42 Å². The van der Waals surface area contributed by atoms with Gasteiger partial charge in [0.2, 0.25) is 0 Å². The lowest BCUT2D eigenvalue weighted by atomic mass is 10.2. The molecule has 3 heteroatoms. The van der Waals surface area contributed by atoms with Crippen molar-refractivity contribution in [2.24, 2.45) is 0 Å². The molecule has 1 saturated heterocycles. The average molecular weight is 209 g/mol. The molecule has 15 heavy (non-hydrogen) atoms. The quantitative estimate of drug-likeness (QED) is 0.650. The van der Waals surface area contributed by atoms with Gasteiger partial charge < -0.3 is 9.47 Å². The molecule has 0 atom stereocenters. The Labute approximate surface area is 91.3 Å². The third-order valence-electron chi connectivity index (χ3n) is 2.75. The molecule has 3 nitrogen and oxygen atoms in total. The lowest BCUT2D eigenvalue weighted by Gasteiger charge is -2.26. The van der Waals surface area contributed by atoms with Crippen molar-refractivity contribution in [3.8, 4) is 0 Å². The van der Waals surface area contributed by atoms with Crippen molar-refractivity contribution >= 4 is 0 Å². The zero-order valence-electron chi connectivity index (χ0n) is 9.10. The van der Waals surface area contributed by atoms with Crippen LogP contribution >= 0.6 is 0 Å². The minimum Gasteiger partial charge on any atom is -0.379 e. The molecule has 0 amide bonds. The third kappa shape index (κ3) is 3.78. The predicted octanol–water partition coefficient (Wildman–Crippen LogP) is 1.22. The van der Waals surface area contributed by atoms with E-state index in [4.69, 9.17) is 9.47 Å². The molecule has 0 aromatic carbocycles. The summed E-state index contributed by atoms with van der Waals surface area (Å²) in [5, 5.41) is 0. The molecule has 1 aliphatic heterocycles. The second-order valence-electron chi connectivity index (χ2n) is 3.88. The zero-order valence-corrected chi connectivity index (χ0v) is 9.10. The molecule has 84 valence electrons. The van der Waals surface area contributed by atoms with E-state index in [0.29, 0.717) is 0 Å². The second-order valence-corrected chi connectivity index (χ2v) is 3.88. The van der Waals surface area contributed by atoms with Crippen molar-refractivity contribution in [1.29, 1.82) is 0 Å². The van der Waals surface area contributed by atoms with Crippen LogP contribution in [0.25, 0.3) is 0 Å². The molecule has 0 aromatic heterocycles. The van der Waals surface area contributed by atoms with Crippen LogP contribution < -0.4 is 0 Å². The largest absolute Gasteiger partial charge is 0.379 e. The maximum Gasteiger partial charge on any atom is 0.0938 e. The molecule has 1 heterocycles. The summed E-state index contributed by atoms with van der Waals surface area (Å²) < 4.78 is 11.0. The number of nitrogens with zero attached hydrogens (tertiary/aromatic N) is 1. The highest BCUT2D eigenvalue weighted by molar-refractivity contribution is 5.10. The Morgan fingerprint density at radius 1 is 1.20 bits per heavy atom. The minimum atomic E-state index is 0.194. The van der Waals surface area contributed by atoms with E-state index in [-0.39, 0.29) is 6.10 Å². The van der Waals surface area contributed by atoms with Gasteiger partial charge in [0, 0.05) is 19.6 Å². The Morgan fingerprint density at radius 2 is 1.93 bits per heavy atom. The Morgan fingerprint density at radius 3 is 2.67 bits per heavy atom. The third-order valence-corrected chi connectivity index (χ3v) is 2.75. The monoisotopic (exact) mass is 209 g/mol. The summed E-state index contributed by atoms with van der Waals surface area (Å²) in [6.07, 6.45) is 9.79. The van der Waals surface area contributed by atoms with Crippen molar-refractivity contribution in [2.45, 2.75) is 12.5 Å². The number of rotatable bonds is 4. The number of allylic oxidation sites excluding steroid dienone is 2. The predicted molar refractivity (Wildman–Crippen MR) is 59.9 cm³/mol. The fourth-order valence-corrected chi connectivity index (χ4v) is 1.82. The fourth-order valence-electron chi connectivity index (χ4n) is 1.82. The first-order valence-corrected chi connectivity index (χ1v) is 5.70. The number of hydrogen-bond donors (Lipinski definition) is 0. The van der Waals surface area contributed by atoms with E-state index in [0.717, 1.165) is 45.9 Å². The Balaban J connectivity index is 1.59. The van der Waals surface area contributed by atoms with Crippen molar-refractivity contribution < 1.29 is 9.47 Å². The lowest BCUT2D eigenvalue weighted by molar-refractivity contribution is 0.0171. The van der Waals surface area contributed by atoms with Crippen LogP contribution in [0.2, 0.25) is 0 Å². The van der Waals surface area contributed by atoms with Crippen molar-refractivity contribution in [3.05, 3.63) is 24.3 Å². The lowest BCUT2D eigenvalue weighted by Crippen LogP contribution is -2.38. The summed E-state index contributed by atoms with van der Waals surface area (Å²) in [7, 11) is 0. The molecule has 0 saturated carbocycles. The van der Waals surface area contributed by atoms with E-state index < -0.39 is 0 Å². The fraction of sp³-hybridized carbons (Fsp3) is 0.667. The smallest absolute Gasteiger partial charge is 0.0938 e. The number of ether oxygens (including phenoxy) is 2. The number of morpholine rings is 1. The van der Waals surface area contributed by atoms with Gasteiger partial charge >= 0.3 is 0 Å². The molecule has 0 bridgehead atoms. The van der Waals surface area contributed by atoms with E-state index in [1.165, 1.54) is 0 Å². The Kier molecular flexibility index (Phi) is 4.39. The van der Waals surface area contributed by atoms with Gasteiger partial charge in [-0.1, -0.05) is 24.3 Å². The summed E-state index contributed by atoms with van der Waals surface area (Å²) in [5.74, 6) is 0. The van der Waals surface area contributed by atoms with Gasteiger partial charge in [-0.25, -0.2) is 0 Å². The van der Waals surface area contributed by atoms with E-state index in [1.807, 2.05) is 0 Å². The molecular formula is C12H19NO2. The molecule has 1 aliphatic carbocycles. The van der Waals surface area contributed by atoms with Crippen LogP contribution in [0.15, 0.2) is 24.3 Å². The molecule has 2 rings (SSSR count). The van der Waals surface area contributed by atoms with Crippen LogP contribution in [-0.2, 0) is 9.47 Å². The molecule has 2 aliphatic rings. The first kappa shape index (κ1) is 10.9. The van der Waals surface area contributed by atoms with Crippen molar-refractivity contribution in [2.75, 3.05) is 39.5 Å². The highest BCUT2D eigenvalue weighted by Crippen LogP contribution is 2.05. The maximum atomic E-state index is 5.73. The van der Waals surface area contributed by atoms with Gasteiger partial charge in [-0.3, -0.25) is 4.90 Å². The zero-order chi connectivity index (χ0) is 10.3. The standard InChI is InChI=1S/C12H19NO2/c1-2-4-12(5-3-1)15-11-8-13-6-9-14-10-7-13/h2-5,12H,1,6-11H2. The summed E-state index contributed by atoms with van der Waals surface area (Å²) >= 11 is 0. The Bertz CT molecular complexity index is 220. The molecule has 0 spiro atoms. The van der Waals surface area contributed by atoms with Gasteiger partial charge in [-0.2, -0.15) is 0 Å². The summed E-state index contributed by atoms with van der Waals surface area (Å²) in [6, 6.07) is 0. The number of hydrogen-bond acceptors (Lipinski definition) is 3. The highest BCUT2D eigenvalue weighted by Gasteiger charge is 2.10. The summed E-state index contributed by atoms with van der Waals surface area (Å²) in [5.41, 5.74) is 0. The SMILES string of the molecule is C1=CC(OCCN2CCOCC2)C=CC1. The normalized spacial score (nSPS) is 23.5. The molecule has 1 fully saturated rings. The van der Waals surface area contributed by atoms with E-state index in [9.17, 15) is 0 Å². The van der Waals surface area contributed by atoms with Crippen molar-refractivity contribution in [3.63, 3.8) is 0 Å². The van der Waals surface area contributed by atoms with Crippen LogP contribution in [0.3, 0.4) is 0 Å². The van der Waals surface area contributed by atoms with E-state index >= 15 is 0 Å². The maximum absolute atomic E-state index is 5.73. The molecule has 0 aromatic rings. The van der Waals surface area contributed by atoms with Crippen molar-refractivity contribution in [1.82, 2.24) is 4.90 Å². The topological polar surface area (TPSA) is 21.7 Å². The van der Waals surface area contributed by atoms with Gasteiger partial charge in [0.15, 0.2) is 0 Å². The van der Waals surface area contributed by atoms with E-state index in [2.05, 4.69) is 29.2 Å². The van der Waals surface area contributed by atoms with Gasteiger partial charge in [0.1, 0.15) is 0 Å². The highest BCUT2D eigenvalue weighted by atomic mass is 16.5. The van der Waals surface area contributed by atoms with Gasteiger partial charge in [-0.15, -0.1) is 0 Å². The minimum absolute atomic E-state index is 0.194. The molecule has 0 unspecified atom stereocenters. The van der Waals surface area contributed by atoms with Gasteiger partial charge in [0.05, 0.1) is 25.9 Å². The molecular weight excluding hydrogens is 190 g/mol. The van der Waals surface area contributed by atoms with Crippen LogP contribution in [0.4, 0.5) is 0 Å². The van der Waals surface area contributed by atoms with Crippen LogP contribution in [0.5, 0.6) is 0 Å². The summed E-state index contributed by atoms with van der Waals surface area (Å²) in [6.45, 7) is 5.63. The Hall–Kier alpha value is -0.640.